The first kappa shape index (κ1) is 16.4. The molecule has 22 heavy (non-hydrogen) atoms. The molecule has 0 bridgehead atoms. The zero-order valence-corrected chi connectivity index (χ0v) is 14.1. The van der Waals surface area contributed by atoms with Crippen LogP contribution < -0.4 is 4.52 Å². The lowest BCUT2D eigenvalue weighted by Crippen LogP contribution is -2.07. The van der Waals surface area contributed by atoms with Gasteiger partial charge in [0.1, 0.15) is 0 Å². The molecule has 0 N–H and O–H groups in total. The minimum Gasteiger partial charge on any atom is -0.294 e. The number of ketones is 1. The molecule has 0 aliphatic heterocycles. The van der Waals surface area contributed by atoms with E-state index in [-0.39, 0.29) is 5.78 Å². The van der Waals surface area contributed by atoms with Gasteiger partial charge in [0.2, 0.25) is 0 Å². The summed E-state index contributed by atoms with van der Waals surface area (Å²) in [4.78, 5) is 12.5. The van der Waals surface area contributed by atoms with E-state index < -0.39 is 8.69 Å². The number of carbonyl (C=O) groups is 1. The van der Waals surface area contributed by atoms with E-state index in [1.54, 1.807) is 6.07 Å². The zero-order valence-electron chi connectivity index (χ0n) is 13.1. The Morgan fingerprint density at radius 3 is 2.36 bits per heavy atom. The van der Waals surface area contributed by atoms with Crippen molar-refractivity contribution < 1.29 is 13.9 Å². The number of carbonyl (C=O) groups excluding carboxylic acids is 1. The molecule has 2 aromatic carbocycles. The van der Waals surface area contributed by atoms with E-state index in [1.807, 2.05) is 51.1 Å². The van der Waals surface area contributed by atoms with Gasteiger partial charge < -0.3 is 0 Å². The first-order valence-corrected chi connectivity index (χ1v) is 8.07. The topological polar surface area (TPSA) is 43.4 Å². The normalized spacial score (nSPS) is 10.7. The number of benzene rings is 2. The molecule has 4 heteroatoms. The molecule has 0 aliphatic carbocycles. The number of para-hydroxylation sites is 1. The summed E-state index contributed by atoms with van der Waals surface area (Å²) >= 11 is 0. The van der Waals surface area contributed by atoms with Crippen LogP contribution in [-0.2, 0) is 11.0 Å². The lowest BCUT2D eigenvalue weighted by Gasteiger charge is -2.10. The molecule has 3 nitrogen and oxygen atoms in total. The third kappa shape index (κ3) is 3.80. The molecule has 1 atom stereocenters. The van der Waals surface area contributed by atoms with Gasteiger partial charge in [0, 0.05) is 17.5 Å². The smallest absolute Gasteiger partial charge is 0.294 e. The average molecular weight is 315 g/mol. The lowest BCUT2D eigenvalue weighted by molar-refractivity contribution is 0.0981. The monoisotopic (exact) mass is 315 g/mol. The highest BCUT2D eigenvalue weighted by Gasteiger charge is 2.14. The van der Waals surface area contributed by atoms with Gasteiger partial charge >= 0.3 is 8.69 Å². The third-order valence-electron chi connectivity index (χ3n) is 3.70. The molecule has 0 amide bonds. The van der Waals surface area contributed by atoms with Crippen molar-refractivity contribution in [2.75, 3.05) is 0 Å². The molecular formula is C18H20O3P+. The van der Waals surface area contributed by atoms with Crippen molar-refractivity contribution in [2.45, 2.75) is 33.6 Å². The summed E-state index contributed by atoms with van der Waals surface area (Å²) in [6.07, 6.45) is 0.985. The molecule has 0 spiro atoms. The number of Topliss-reactive ketones (excluding diaryl/α,β-unsaturated/α-hetero) is 1. The maximum absolute atomic E-state index is 12.5. The van der Waals surface area contributed by atoms with Gasteiger partial charge in [-0.05, 0) is 49.0 Å². The summed E-state index contributed by atoms with van der Waals surface area (Å²) in [5, 5.41) is 0. The third-order valence-corrected chi connectivity index (χ3v) is 4.00. The second-order valence-corrected chi connectivity index (χ2v) is 5.86. The lowest BCUT2D eigenvalue weighted by atomic mass is 9.93. The van der Waals surface area contributed by atoms with E-state index in [0.717, 1.165) is 22.3 Å². The van der Waals surface area contributed by atoms with Crippen molar-refractivity contribution in [3.05, 3.63) is 64.2 Å². The molecule has 2 rings (SSSR count). The first-order chi connectivity index (χ1) is 10.5. The number of hydrogen-bond donors (Lipinski definition) is 0. The van der Waals surface area contributed by atoms with E-state index in [1.165, 1.54) is 5.56 Å². The van der Waals surface area contributed by atoms with Crippen LogP contribution in [0.15, 0.2) is 36.4 Å². The van der Waals surface area contributed by atoms with Crippen LogP contribution in [0.4, 0.5) is 0 Å². The maximum Gasteiger partial charge on any atom is 0.542 e. The van der Waals surface area contributed by atoms with E-state index >= 15 is 0 Å². The van der Waals surface area contributed by atoms with Gasteiger partial charge in [0.05, 0.1) is 0 Å². The number of rotatable bonds is 6. The van der Waals surface area contributed by atoms with Crippen LogP contribution in [0.2, 0.25) is 0 Å². The van der Waals surface area contributed by atoms with E-state index in [9.17, 15) is 9.36 Å². The first-order valence-electron chi connectivity index (χ1n) is 7.26. The van der Waals surface area contributed by atoms with Crippen LogP contribution in [0.25, 0.3) is 0 Å². The van der Waals surface area contributed by atoms with Crippen molar-refractivity contribution in [1.29, 1.82) is 0 Å². The Labute approximate surface area is 132 Å². The molecule has 0 fully saturated rings. The minimum absolute atomic E-state index is 0.134. The predicted octanol–water partition coefficient (Wildman–Crippen LogP) is 4.75. The van der Waals surface area contributed by atoms with Crippen molar-refractivity contribution in [3.63, 3.8) is 0 Å². The van der Waals surface area contributed by atoms with E-state index in [2.05, 4.69) is 0 Å². The molecule has 0 aliphatic rings. The maximum atomic E-state index is 12.5. The Bertz CT molecular complexity index is 684. The van der Waals surface area contributed by atoms with E-state index in [0.29, 0.717) is 18.6 Å². The van der Waals surface area contributed by atoms with Crippen LogP contribution in [0, 0.1) is 20.8 Å². The molecule has 0 heterocycles. The van der Waals surface area contributed by atoms with Gasteiger partial charge in [-0.25, -0.2) is 0 Å². The molecule has 0 radical (unpaired) electrons. The Hall–Kier alpha value is -1.99. The molecule has 0 aromatic heterocycles. The van der Waals surface area contributed by atoms with Gasteiger partial charge in [-0.1, -0.05) is 35.9 Å². The van der Waals surface area contributed by atoms with Crippen LogP contribution in [0.3, 0.4) is 0 Å². The summed E-state index contributed by atoms with van der Waals surface area (Å²) in [6, 6.07) is 11.5. The van der Waals surface area contributed by atoms with Crippen molar-refractivity contribution in [1.82, 2.24) is 0 Å². The van der Waals surface area contributed by atoms with Crippen LogP contribution in [0.5, 0.6) is 5.75 Å². The summed E-state index contributed by atoms with van der Waals surface area (Å²) in [5.74, 6) is 0.718. The zero-order chi connectivity index (χ0) is 16.1. The summed E-state index contributed by atoms with van der Waals surface area (Å²) in [5.41, 5.74) is 4.93. The second-order valence-electron chi connectivity index (χ2n) is 5.49. The Morgan fingerprint density at radius 2 is 1.73 bits per heavy atom. The molecule has 0 saturated heterocycles. The van der Waals surface area contributed by atoms with Crippen molar-refractivity contribution in [3.8, 4) is 5.75 Å². The summed E-state index contributed by atoms with van der Waals surface area (Å²) in [7, 11) is -0.837. The molecule has 2 aromatic rings. The molecule has 0 saturated carbocycles. The van der Waals surface area contributed by atoms with Gasteiger partial charge in [-0.2, -0.15) is 0 Å². The molecule has 114 valence electrons. The Kier molecular flexibility index (Phi) is 5.46. The van der Waals surface area contributed by atoms with Crippen molar-refractivity contribution in [2.24, 2.45) is 0 Å². The van der Waals surface area contributed by atoms with Crippen molar-refractivity contribution >= 4 is 14.5 Å². The predicted molar refractivity (Wildman–Crippen MR) is 89.4 cm³/mol. The largest absolute Gasteiger partial charge is 0.542 e. The van der Waals surface area contributed by atoms with Crippen LogP contribution >= 0.6 is 8.69 Å². The summed E-state index contributed by atoms with van der Waals surface area (Å²) in [6.45, 7) is 5.98. The minimum atomic E-state index is -0.837. The highest BCUT2D eigenvalue weighted by Crippen LogP contribution is 2.24. The van der Waals surface area contributed by atoms with E-state index in [4.69, 9.17) is 4.52 Å². The fourth-order valence-electron chi connectivity index (χ4n) is 2.85. The molecular weight excluding hydrogens is 295 g/mol. The Balaban J connectivity index is 2.16. The number of aryl methyl sites for hydroxylation is 4. The van der Waals surface area contributed by atoms with Gasteiger partial charge in [0.15, 0.2) is 11.5 Å². The SMILES string of the molecule is Cc1cc(C)c(C(=O)CCc2ccccc2O[PH+]=O)c(C)c1. The molecule has 1 unspecified atom stereocenters. The highest BCUT2D eigenvalue weighted by atomic mass is 31.1. The fraction of sp³-hybridized carbons (Fsp3) is 0.278. The summed E-state index contributed by atoms with van der Waals surface area (Å²) < 4.78 is 15.8. The van der Waals surface area contributed by atoms with Crippen LogP contribution in [0.1, 0.15) is 39.0 Å². The van der Waals surface area contributed by atoms with Gasteiger partial charge in [-0.3, -0.25) is 9.32 Å². The van der Waals surface area contributed by atoms with Crippen LogP contribution in [-0.4, -0.2) is 5.78 Å². The standard InChI is InChI=1S/C18H20O3P/c1-12-10-13(2)18(14(3)11-12)16(19)9-8-15-6-4-5-7-17(15)21-22-20/h4-7,10-11,22H,8-9H2,1-3H3/q+1. The Morgan fingerprint density at radius 1 is 1.09 bits per heavy atom. The fourth-order valence-corrected chi connectivity index (χ4v) is 3.14. The quantitative estimate of drug-likeness (QED) is 0.571. The second kappa shape index (κ2) is 7.33. The number of hydrogen-bond acceptors (Lipinski definition) is 3. The average Bonchev–Trinajstić information content (AvgIpc) is 2.45. The highest BCUT2D eigenvalue weighted by molar-refractivity contribution is 7.17. The van der Waals surface area contributed by atoms with Gasteiger partial charge in [-0.15, -0.1) is 0 Å². The van der Waals surface area contributed by atoms with Gasteiger partial charge in [0.25, 0.3) is 0 Å².